The molecular weight excluding hydrogens is 156 g/mol. The maximum atomic E-state index is 9.43. The maximum Gasteiger partial charge on any atom is 0.111 e. The van der Waals surface area contributed by atoms with Crippen molar-refractivity contribution in [2.45, 2.75) is 26.0 Å². The third kappa shape index (κ3) is 2.02. The minimum absolute atomic E-state index is 0.458. The first-order chi connectivity index (χ1) is 5.77. The average Bonchev–Trinajstić information content (AvgIpc) is 2.52. The van der Waals surface area contributed by atoms with Crippen LogP contribution >= 0.6 is 0 Å². The highest BCUT2D eigenvalue weighted by molar-refractivity contribution is 4.96. The second kappa shape index (κ2) is 4.18. The Morgan fingerprint density at radius 2 is 2.50 bits per heavy atom. The van der Waals surface area contributed by atoms with Crippen LogP contribution in [0.15, 0.2) is 6.20 Å². The lowest BCUT2D eigenvalue weighted by molar-refractivity contribution is 0.165. The molecular formula is C7H14N4O. The lowest BCUT2D eigenvalue weighted by atomic mass is 10.2. The van der Waals surface area contributed by atoms with Crippen LogP contribution in [0.2, 0.25) is 0 Å². The van der Waals surface area contributed by atoms with Gasteiger partial charge in [0.2, 0.25) is 0 Å². The van der Waals surface area contributed by atoms with Crippen LogP contribution in [0.1, 0.15) is 25.1 Å². The number of aliphatic hydroxyl groups is 1. The SMILES string of the molecule is CCn1cc(C(O)CCN)nn1. The van der Waals surface area contributed by atoms with E-state index in [4.69, 9.17) is 5.73 Å². The Hall–Kier alpha value is -0.940. The van der Waals surface area contributed by atoms with Crippen LogP contribution in [-0.2, 0) is 6.54 Å². The number of aryl methyl sites for hydroxylation is 1. The van der Waals surface area contributed by atoms with Crippen LogP contribution in [0.5, 0.6) is 0 Å². The van der Waals surface area contributed by atoms with Gasteiger partial charge < -0.3 is 10.8 Å². The van der Waals surface area contributed by atoms with Gasteiger partial charge in [0.05, 0.1) is 6.20 Å². The van der Waals surface area contributed by atoms with Gasteiger partial charge in [-0.3, -0.25) is 4.68 Å². The predicted molar refractivity (Wildman–Crippen MR) is 44.3 cm³/mol. The first kappa shape index (κ1) is 9.15. The number of hydrogen-bond acceptors (Lipinski definition) is 4. The molecule has 0 amide bonds. The van der Waals surface area contributed by atoms with E-state index in [1.54, 1.807) is 10.9 Å². The number of aliphatic hydroxyl groups excluding tert-OH is 1. The fraction of sp³-hybridized carbons (Fsp3) is 0.714. The zero-order chi connectivity index (χ0) is 8.97. The van der Waals surface area contributed by atoms with Gasteiger partial charge in [0.1, 0.15) is 11.8 Å². The fourth-order valence-electron chi connectivity index (χ4n) is 0.926. The van der Waals surface area contributed by atoms with E-state index >= 15 is 0 Å². The molecule has 0 aromatic carbocycles. The number of hydrogen-bond donors (Lipinski definition) is 2. The van der Waals surface area contributed by atoms with E-state index < -0.39 is 6.10 Å². The highest BCUT2D eigenvalue weighted by atomic mass is 16.3. The van der Waals surface area contributed by atoms with Gasteiger partial charge in [-0.2, -0.15) is 0 Å². The summed E-state index contributed by atoms with van der Waals surface area (Å²) in [6.45, 7) is 3.19. The molecule has 0 aliphatic heterocycles. The summed E-state index contributed by atoms with van der Waals surface area (Å²) in [5.41, 5.74) is 5.89. The van der Waals surface area contributed by atoms with E-state index in [0.717, 1.165) is 6.54 Å². The van der Waals surface area contributed by atoms with Crippen LogP contribution in [0.25, 0.3) is 0 Å². The molecule has 0 radical (unpaired) electrons. The average molecular weight is 170 g/mol. The third-order valence-electron chi connectivity index (χ3n) is 1.66. The van der Waals surface area contributed by atoms with Gasteiger partial charge in [0, 0.05) is 6.54 Å². The van der Waals surface area contributed by atoms with E-state index in [1.165, 1.54) is 0 Å². The molecule has 5 nitrogen and oxygen atoms in total. The Bertz CT molecular complexity index is 235. The summed E-state index contributed by atoms with van der Waals surface area (Å²) in [5, 5.41) is 17.1. The van der Waals surface area contributed by atoms with E-state index in [1.807, 2.05) is 6.92 Å². The Morgan fingerprint density at radius 1 is 1.75 bits per heavy atom. The third-order valence-corrected chi connectivity index (χ3v) is 1.66. The minimum Gasteiger partial charge on any atom is -0.387 e. The second-order valence-corrected chi connectivity index (χ2v) is 2.59. The van der Waals surface area contributed by atoms with E-state index in [-0.39, 0.29) is 0 Å². The van der Waals surface area contributed by atoms with Crippen molar-refractivity contribution in [1.29, 1.82) is 0 Å². The molecule has 3 N–H and O–H groups in total. The molecule has 1 aromatic rings. The van der Waals surface area contributed by atoms with E-state index in [0.29, 0.717) is 18.7 Å². The molecule has 0 saturated heterocycles. The quantitative estimate of drug-likeness (QED) is 0.649. The van der Waals surface area contributed by atoms with E-state index in [2.05, 4.69) is 10.3 Å². The molecule has 0 fully saturated rings. The summed E-state index contributed by atoms with van der Waals surface area (Å²) in [6.07, 6.45) is 1.69. The smallest absolute Gasteiger partial charge is 0.111 e. The number of nitrogens with zero attached hydrogens (tertiary/aromatic N) is 3. The Balaban J connectivity index is 2.61. The summed E-state index contributed by atoms with van der Waals surface area (Å²) >= 11 is 0. The first-order valence-electron chi connectivity index (χ1n) is 4.06. The Morgan fingerprint density at radius 3 is 3.00 bits per heavy atom. The molecule has 5 heteroatoms. The normalized spacial score (nSPS) is 13.2. The molecule has 1 aromatic heterocycles. The van der Waals surface area contributed by atoms with Crippen molar-refractivity contribution in [2.24, 2.45) is 5.73 Å². The lowest BCUT2D eigenvalue weighted by Gasteiger charge is -2.02. The molecule has 0 spiro atoms. The molecule has 0 aliphatic rings. The van der Waals surface area contributed by atoms with Gasteiger partial charge in [-0.05, 0) is 19.9 Å². The van der Waals surface area contributed by atoms with Gasteiger partial charge in [0.25, 0.3) is 0 Å². The first-order valence-corrected chi connectivity index (χ1v) is 4.06. The Kier molecular flexibility index (Phi) is 3.19. The molecule has 1 rings (SSSR count). The Labute approximate surface area is 71.2 Å². The van der Waals surface area contributed by atoms with Crippen molar-refractivity contribution in [1.82, 2.24) is 15.0 Å². The highest BCUT2D eigenvalue weighted by Crippen LogP contribution is 2.11. The van der Waals surface area contributed by atoms with Gasteiger partial charge in [0.15, 0.2) is 0 Å². The van der Waals surface area contributed by atoms with Crippen molar-refractivity contribution in [3.63, 3.8) is 0 Å². The summed E-state index contributed by atoms with van der Waals surface area (Å²) in [4.78, 5) is 0. The molecule has 0 saturated carbocycles. The van der Waals surface area contributed by atoms with Crippen molar-refractivity contribution >= 4 is 0 Å². The maximum absolute atomic E-state index is 9.43. The minimum atomic E-state index is -0.574. The molecule has 12 heavy (non-hydrogen) atoms. The topological polar surface area (TPSA) is 77.0 Å². The summed E-state index contributed by atoms with van der Waals surface area (Å²) in [7, 11) is 0. The largest absolute Gasteiger partial charge is 0.387 e. The number of nitrogens with two attached hydrogens (primary N) is 1. The summed E-state index contributed by atoms with van der Waals surface area (Å²) in [5.74, 6) is 0. The molecule has 1 unspecified atom stereocenters. The van der Waals surface area contributed by atoms with Crippen molar-refractivity contribution in [3.8, 4) is 0 Å². The summed E-state index contributed by atoms with van der Waals surface area (Å²) < 4.78 is 1.68. The van der Waals surface area contributed by atoms with E-state index in [9.17, 15) is 5.11 Å². The van der Waals surface area contributed by atoms with Crippen LogP contribution in [-0.4, -0.2) is 26.6 Å². The van der Waals surface area contributed by atoms with Gasteiger partial charge in [-0.15, -0.1) is 5.10 Å². The molecule has 0 aliphatic carbocycles. The van der Waals surface area contributed by atoms with Gasteiger partial charge in [-0.1, -0.05) is 5.21 Å². The van der Waals surface area contributed by atoms with Gasteiger partial charge in [-0.25, -0.2) is 0 Å². The van der Waals surface area contributed by atoms with Crippen LogP contribution in [0.3, 0.4) is 0 Å². The zero-order valence-corrected chi connectivity index (χ0v) is 7.14. The highest BCUT2D eigenvalue weighted by Gasteiger charge is 2.09. The summed E-state index contributed by atoms with van der Waals surface area (Å²) in [6, 6.07) is 0. The molecule has 1 atom stereocenters. The predicted octanol–water partition coefficient (Wildman–Crippen LogP) is -0.320. The van der Waals surface area contributed by atoms with Crippen LogP contribution in [0, 0.1) is 0 Å². The number of rotatable bonds is 4. The lowest BCUT2D eigenvalue weighted by Crippen LogP contribution is -2.06. The van der Waals surface area contributed by atoms with Crippen LogP contribution in [0.4, 0.5) is 0 Å². The molecule has 0 bridgehead atoms. The van der Waals surface area contributed by atoms with Gasteiger partial charge >= 0.3 is 0 Å². The fourth-order valence-corrected chi connectivity index (χ4v) is 0.926. The zero-order valence-electron chi connectivity index (χ0n) is 7.14. The second-order valence-electron chi connectivity index (χ2n) is 2.59. The number of aromatic nitrogens is 3. The van der Waals surface area contributed by atoms with Crippen LogP contribution < -0.4 is 5.73 Å². The van der Waals surface area contributed by atoms with Crippen molar-refractivity contribution in [3.05, 3.63) is 11.9 Å². The van der Waals surface area contributed by atoms with Crippen molar-refractivity contribution in [2.75, 3.05) is 6.54 Å². The van der Waals surface area contributed by atoms with Crippen molar-refractivity contribution < 1.29 is 5.11 Å². The molecule has 68 valence electrons. The standard InChI is InChI=1S/C7H14N4O/c1-2-11-5-6(9-10-11)7(12)3-4-8/h5,7,12H,2-4,8H2,1H3. The monoisotopic (exact) mass is 170 g/mol. The molecule has 1 heterocycles.